The molecule has 0 atom stereocenters. The first-order valence-corrected chi connectivity index (χ1v) is 11.2. The average Bonchev–Trinajstić information content (AvgIpc) is 2.70. The van der Waals surface area contributed by atoms with E-state index >= 15 is 0 Å². The SMILES string of the molecule is Cc1ccc(NC(=O)CN(c2ccc(Cl)cc2C)S(=O)(=O)c2ccccc2)cc1C. The molecule has 1 amide bonds. The van der Waals surface area contributed by atoms with Crippen molar-refractivity contribution in [2.24, 2.45) is 0 Å². The van der Waals surface area contributed by atoms with E-state index in [4.69, 9.17) is 11.6 Å². The van der Waals surface area contributed by atoms with Crippen LogP contribution >= 0.6 is 11.6 Å². The number of nitrogens with one attached hydrogen (secondary N) is 1. The van der Waals surface area contributed by atoms with Gasteiger partial charge in [0, 0.05) is 10.7 Å². The largest absolute Gasteiger partial charge is 0.325 e. The molecule has 30 heavy (non-hydrogen) atoms. The fraction of sp³-hybridized carbons (Fsp3) is 0.174. The van der Waals surface area contributed by atoms with Crippen LogP contribution in [0.3, 0.4) is 0 Å². The van der Waals surface area contributed by atoms with E-state index in [1.165, 1.54) is 12.1 Å². The third-order valence-electron chi connectivity index (χ3n) is 4.84. The van der Waals surface area contributed by atoms with Gasteiger partial charge in [-0.15, -0.1) is 0 Å². The van der Waals surface area contributed by atoms with Gasteiger partial charge in [0.15, 0.2) is 0 Å². The van der Waals surface area contributed by atoms with Crippen LogP contribution in [0.5, 0.6) is 0 Å². The lowest BCUT2D eigenvalue weighted by Crippen LogP contribution is -2.38. The Morgan fingerprint density at radius 2 is 1.60 bits per heavy atom. The first-order valence-electron chi connectivity index (χ1n) is 9.39. The number of halogens is 1. The second-order valence-corrected chi connectivity index (χ2v) is 9.40. The van der Waals surface area contributed by atoms with Gasteiger partial charge in [-0.1, -0.05) is 35.9 Å². The molecule has 3 rings (SSSR count). The highest BCUT2D eigenvalue weighted by Crippen LogP contribution is 2.29. The van der Waals surface area contributed by atoms with Crippen molar-refractivity contribution in [2.45, 2.75) is 25.7 Å². The zero-order chi connectivity index (χ0) is 21.9. The van der Waals surface area contributed by atoms with Crippen molar-refractivity contribution in [1.82, 2.24) is 0 Å². The van der Waals surface area contributed by atoms with Gasteiger partial charge in [0.1, 0.15) is 6.54 Å². The maximum absolute atomic E-state index is 13.4. The normalized spacial score (nSPS) is 11.2. The number of carbonyl (C=O) groups is 1. The molecule has 1 N–H and O–H groups in total. The second-order valence-electron chi connectivity index (χ2n) is 7.10. The molecule has 3 aromatic rings. The minimum absolute atomic E-state index is 0.110. The van der Waals surface area contributed by atoms with E-state index < -0.39 is 15.9 Å². The highest BCUT2D eigenvalue weighted by atomic mass is 35.5. The van der Waals surface area contributed by atoms with Gasteiger partial charge in [0.05, 0.1) is 10.6 Å². The molecule has 0 fully saturated rings. The Hall–Kier alpha value is -2.83. The maximum Gasteiger partial charge on any atom is 0.264 e. The summed E-state index contributed by atoms with van der Waals surface area (Å²) in [6.45, 7) is 5.33. The van der Waals surface area contributed by atoms with Crippen LogP contribution in [-0.4, -0.2) is 20.9 Å². The molecule has 0 aliphatic rings. The second kappa shape index (κ2) is 8.90. The first kappa shape index (κ1) is 21.9. The van der Waals surface area contributed by atoms with Crippen LogP contribution in [0.4, 0.5) is 11.4 Å². The summed E-state index contributed by atoms with van der Waals surface area (Å²) in [5, 5.41) is 3.29. The van der Waals surface area contributed by atoms with Gasteiger partial charge in [-0.05, 0) is 79.9 Å². The fourth-order valence-electron chi connectivity index (χ4n) is 3.07. The molecule has 0 aromatic heterocycles. The summed E-state index contributed by atoms with van der Waals surface area (Å²) in [5.74, 6) is -0.438. The third kappa shape index (κ3) is 4.83. The molecule has 3 aromatic carbocycles. The zero-order valence-electron chi connectivity index (χ0n) is 17.0. The van der Waals surface area contributed by atoms with Crippen molar-refractivity contribution >= 4 is 38.9 Å². The number of amides is 1. The summed E-state index contributed by atoms with van der Waals surface area (Å²) >= 11 is 6.05. The van der Waals surface area contributed by atoms with Crippen molar-refractivity contribution in [3.63, 3.8) is 0 Å². The Balaban J connectivity index is 1.97. The van der Waals surface area contributed by atoms with Crippen molar-refractivity contribution < 1.29 is 13.2 Å². The molecule has 156 valence electrons. The van der Waals surface area contributed by atoms with E-state index in [1.54, 1.807) is 49.4 Å². The van der Waals surface area contributed by atoms with Gasteiger partial charge < -0.3 is 5.32 Å². The molecule has 0 aliphatic carbocycles. The van der Waals surface area contributed by atoms with Crippen molar-refractivity contribution in [1.29, 1.82) is 0 Å². The Bertz CT molecular complexity index is 1180. The molecule has 0 aliphatic heterocycles. The summed E-state index contributed by atoms with van der Waals surface area (Å²) in [7, 11) is -3.96. The van der Waals surface area contributed by atoms with Crippen LogP contribution in [0.15, 0.2) is 71.6 Å². The van der Waals surface area contributed by atoms with E-state index in [0.29, 0.717) is 22.0 Å². The van der Waals surface area contributed by atoms with Crippen LogP contribution in [-0.2, 0) is 14.8 Å². The smallest absolute Gasteiger partial charge is 0.264 e. The van der Waals surface area contributed by atoms with E-state index in [2.05, 4.69) is 5.32 Å². The summed E-state index contributed by atoms with van der Waals surface area (Å²) in [4.78, 5) is 12.9. The molecule has 0 saturated carbocycles. The highest BCUT2D eigenvalue weighted by molar-refractivity contribution is 7.92. The summed E-state index contributed by atoms with van der Waals surface area (Å²) < 4.78 is 27.9. The number of sulfonamides is 1. The van der Waals surface area contributed by atoms with Gasteiger partial charge in [0.25, 0.3) is 10.0 Å². The Labute approximate surface area is 182 Å². The number of rotatable bonds is 6. The number of nitrogens with zero attached hydrogens (tertiary/aromatic N) is 1. The molecule has 7 heteroatoms. The summed E-state index contributed by atoms with van der Waals surface area (Å²) in [6, 6.07) is 18.5. The van der Waals surface area contributed by atoms with Crippen LogP contribution in [0, 0.1) is 20.8 Å². The molecule has 5 nitrogen and oxygen atoms in total. The molecule has 0 bridgehead atoms. The van der Waals surface area contributed by atoms with Gasteiger partial charge >= 0.3 is 0 Å². The van der Waals surface area contributed by atoms with Crippen molar-refractivity contribution in [3.05, 3.63) is 88.4 Å². The molecule has 0 unspecified atom stereocenters. The lowest BCUT2D eigenvalue weighted by molar-refractivity contribution is -0.114. The maximum atomic E-state index is 13.4. The standard InChI is InChI=1S/C23H23ClN2O3S/c1-16-9-11-20(14-17(16)2)25-23(27)15-26(22-12-10-19(24)13-18(22)3)30(28,29)21-7-5-4-6-8-21/h4-14H,15H2,1-3H3,(H,25,27). The van der Waals surface area contributed by atoms with Gasteiger partial charge in [0.2, 0.25) is 5.91 Å². The zero-order valence-corrected chi connectivity index (χ0v) is 18.6. The van der Waals surface area contributed by atoms with Crippen LogP contribution in [0.25, 0.3) is 0 Å². The first-order chi connectivity index (χ1) is 14.2. The number of hydrogen-bond donors (Lipinski definition) is 1. The molecule has 0 radical (unpaired) electrons. The highest BCUT2D eigenvalue weighted by Gasteiger charge is 2.28. The number of benzene rings is 3. The van der Waals surface area contributed by atoms with Gasteiger partial charge in [-0.2, -0.15) is 0 Å². The topological polar surface area (TPSA) is 66.5 Å². The van der Waals surface area contributed by atoms with E-state index in [1.807, 2.05) is 26.0 Å². The number of aryl methyl sites for hydroxylation is 3. The molecular formula is C23H23ClN2O3S. The van der Waals surface area contributed by atoms with E-state index in [9.17, 15) is 13.2 Å². The fourth-order valence-corrected chi connectivity index (χ4v) is 4.80. The third-order valence-corrected chi connectivity index (χ3v) is 6.85. The minimum atomic E-state index is -3.96. The van der Waals surface area contributed by atoms with Gasteiger partial charge in [-0.3, -0.25) is 9.10 Å². The summed E-state index contributed by atoms with van der Waals surface area (Å²) in [5.41, 5.74) is 3.82. The minimum Gasteiger partial charge on any atom is -0.325 e. The Kier molecular flexibility index (Phi) is 6.48. The summed E-state index contributed by atoms with van der Waals surface area (Å²) in [6.07, 6.45) is 0. The number of anilines is 2. The predicted octanol–water partition coefficient (Wildman–Crippen LogP) is 5.10. The number of carbonyl (C=O) groups excluding carboxylic acids is 1. The lowest BCUT2D eigenvalue weighted by atomic mass is 10.1. The van der Waals surface area contributed by atoms with Crippen LogP contribution < -0.4 is 9.62 Å². The monoisotopic (exact) mass is 442 g/mol. The lowest BCUT2D eigenvalue weighted by Gasteiger charge is -2.25. The Morgan fingerprint density at radius 3 is 2.23 bits per heavy atom. The predicted molar refractivity (Wildman–Crippen MR) is 122 cm³/mol. The number of hydrogen-bond acceptors (Lipinski definition) is 3. The Morgan fingerprint density at radius 1 is 0.900 bits per heavy atom. The molecule has 0 heterocycles. The van der Waals surface area contributed by atoms with Crippen molar-refractivity contribution in [3.8, 4) is 0 Å². The average molecular weight is 443 g/mol. The van der Waals surface area contributed by atoms with Crippen LogP contribution in [0.2, 0.25) is 5.02 Å². The van der Waals surface area contributed by atoms with Gasteiger partial charge in [-0.25, -0.2) is 8.42 Å². The quantitative estimate of drug-likeness (QED) is 0.577. The van der Waals surface area contributed by atoms with Crippen molar-refractivity contribution in [2.75, 3.05) is 16.2 Å². The van der Waals surface area contributed by atoms with E-state index in [0.717, 1.165) is 15.4 Å². The van der Waals surface area contributed by atoms with Crippen LogP contribution in [0.1, 0.15) is 16.7 Å². The molecule has 0 saturated heterocycles. The molecular weight excluding hydrogens is 420 g/mol. The van der Waals surface area contributed by atoms with E-state index in [-0.39, 0.29) is 11.4 Å². The molecule has 0 spiro atoms.